The van der Waals surface area contributed by atoms with E-state index >= 15 is 0 Å². The number of rotatable bonds is 7. The van der Waals surface area contributed by atoms with Gasteiger partial charge in [0.25, 0.3) is 0 Å². The van der Waals surface area contributed by atoms with Crippen LogP contribution in [0.25, 0.3) is 0 Å². The first kappa shape index (κ1) is 14.4. The molecule has 0 saturated heterocycles. The van der Waals surface area contributed by atoms with E-state index in [1.165, 1.54) is 29.5 Å². The number of nitrogens with one attached hydrogen (secondary N) is 1. The van der Waals surface area contributed by atoms with E-state index in [0.717, 1.165) is 18.3 Å². The van der Waals surface area contributed by atoms with E-state index in [1.54, 1.807) is 7.11 Å². The van der Waals surface area contributed by atoms with Crippen molar-refractivity contribution in [3.8, 4) is 5.75 Å². The molecule has 2 rings (SSSR count). The predicted octanol–water partition coefficient (Wildman–Crippen LogP) is 2.97. The van der Waals surface area contributed by atoms with Crippen molar-refractivity contribution in [3.63, 3.8) is 0 Å². The van der Waals surface area contributed by atoms with Gasteiger partial charge >= 0.3 is 0 Å². The normalized spacial score (nSPS) is 16.4. The molecule has 3 nitrogen and oxygen atoms in total. The highest BCUT2D eigenvalue weighted by atomic mass is 16.5. The molecule has 0 spiro atoms. The largest absolute Gasteiger partial charge is 0.488 e. The average Bonchev–Trinajstić information content (AvgIpc) is 3.15. The standard InChI is InChI=1S/C16H25NO2/c1-11-7-14(9-17-15-5-6-15)8-12(2)16(11)19-13(3)10-18-4/h7-8,13,15,17H,5-6,9-10H2,1-4H3. The van der Waals surface area contributed by atoms with Crippen molar-refractivity contribution in [1.82, 2.24) is 5.32 Å². The molecule has 1 aliphatic rings. The van der Waals surface area contributed by atoms with Gasteiger partial charge in [0.15, 0.2) is 0 Å². The SMILES string of the molecule is COCC(C)Oc1c(C)cc(CNC2CC2)cc1C. The number of ether oxygens (including phenoxy) is 2. The summed E-state index contributed by atoms with van der Waals surface area (Å²) in [7, 11) is 1.70. The molecule has 1 aromatic rings. The van der Waals surface area contributed by atoms with Crippen LogP contribution in [0.15, 0.2) is 12.1 Å². The monoisotopic (exact) mass is 263 g/mol. The summed E-state index contributed by atoms with van der Waals surface area (Å²) in [6.45, 7) is 7.83. The number of aryl methyl sites for hydroxylation is 2. The van der Waals surface area contributed by atoms with E-state index in [0.29, 0.717) is 6.61 Å². The van der Waals surface area contributed by atoms with E-state index in [9.17, 15) is 0 Å². The van der Waals surface area contributed by atoms with E-state index in [4.69, 9.17) is 9.47 Å². The molecular weight excluding hydrogens is 238 g/mol. The third-order valence-corrected chi connectivity index (χ3v) is 3.41. The van der Waals surface area contributed by atoms with Gasteiger partial charge in [-0.25, -0.2) is 0 Å². The summed E-state index contributed by atoms with van der Waals surface area (Å²) in [5.41, 5.74) is 3.75. The fraction of sp³-hybridized carbons (Fsp3) is 0.625. The van der Waals surface area contributed by atoms with Crippen molar-refractivity contribution in [3.05, 3.63) is 28.8 Å². The van der Waals surface area contributed by atoms with Gasteiger partial charge in [0.1, 0.15) is 11.9 Å². The maximum absolute atomic E-state index is 5.96. The Labute approximate surface area is 116 Å². The smallest absolute Gasteiger partial charge is 0.125 e. The zero-order valence-electron chi connectivity index (χ0n) is 12.5. The molecule has 1 saturated carbocycles. The summed E-state index contributed by atoms with van der Waals surface area (Å²) in [6.07, 6.45) is 2.74. The minimum atomic E-state index is 0.0813. The Kier molecular flexibility index (Phi) is 4.83. The average molecular weight is 263 g/mol. The first-order valence-electron chi connectivity index (χ1n) is 7.09. The number of hydrogen-bond acceptors (Lipinski definition) is 3. The van der Waals surface area contributed by atoms with E-state index in [2.05, 4.69) is 31.3 Å². The van der Waals surface area contributed by atoms with Crippen molar-refractivity contribution < 1.29 is 9.47 Å². The molecule has 3 heteroatoms. The Balaban J connectivity index is 2.02. The second kappa shape index (κ2) is 6.40. The number of benzene rings is 1. The molecule has 1 aliphatic carbocycles. The second-order valence-corrected chi connectivity index (χ2v) is 5.60. The lowest BCUT2D eigenvalue weighted by molar-refractivity contribution is 0.0911. The van der Waals surface area contributed by atoms with Gasteiger partial charge in [-0.3, -0.25) is 0 Å². The van der Waals surface area contributed by atoms with Crippen LogP contribution in [0.3, 0.4) is 0 Å². The summed E-state index contributed by atoms with van der Waals surface area (Å²) in [6, 6.07) is 5.19. The molecule has 0 bridgehead atoms. The predicted molar refractivity (Wildman–Crippen MR) is 77.7 cm³/mol. The molecule has 0 radical (unpaired) electrons. The molecule has 106 valence electrons. The fourth-order valence-corrected chi connectivity index (χ4v) is 2.35. The molecule has 1 fully saturated rings. The molecule has 0 heterocycles. The Bertz CT molecular complexity index is 404. The molecule has 1 atom stereocenters. The second-order valence-electron chi connectivity index (χ2n) is 5.60. The van der Waals surface area contributed by atoms with Gasteiger partial charge < -0.3 is 14.8 Å². The zero-order valence-corrected chi connectivity index (χ0v) is 12.5. The van der Waals surface area contributed by atoms with Gasteiger partial charge in [-0.1, -0.05) is 12.1 Å². The lowest BCUT2D eigenvalue weighted by atomic mass is 10.1. The highest BCUT2D eigenvalue weighted by molar-refractivity contribution is 5.43. The van der Waals surface area contributed by atoms with Gasteiger partial charge in [0.05, 0.1) is 6.61 Å². The summed E-state index contributed by atoms with van der Waals surface area (Å²) >= 11 is 0. The quantitative estimate of drug-likeness (QED) is 0.820. The molecule has 1 aromatic carbocycles. The van der Waals surface area contributed by atoms with E-state index in [1.807, 2.05) is 6.92 Å². The van der Waals surface area contributed by atoms with Crippen molar-refractivity contribution in [2.75, 3.05) is 13.7 Å². The Hall–Kier alpha value is -1.06. The molecule has 0 aromatic heterocycles. The summed E-state index contributed by atoms with van der Waals surface area (Å²) in [5, 5.41) is 3.55. The lowest BCUT2D eigenvalue weighted by Gasteiger charge is -2.19. The van der Waals surface area contributed by atoms with Crippen molar-refractivity contribution in [1.29, 1.82) is 0 Å². The van der Waals surface area contributed by atoms with Gasteiger partial charge in [-0.2, -0.15) is 0 Å². The Morgan fingerprint density at radius 1 is 1.26 bits per heavy atom. The van der Waals surface area contributed by atoms with Crippen LogP contribution >= 0.6 is 0 Å². The Morgan fingerprint density at radius 2 is 1.89 bits per heavy atom. The minimum absolute atomic E-state index is 0.0813. The van der Waals surface area contributed by atoms with E-state index < -0.39 is 0 Å². The molecule has 19 heavy (non-hydrogen) atoms. The van der Waals surface area contributed by atoms with Crippen molar-refractivity contribution >= 4 is 0 Å². The van der Waals surface area contributed by atoms with Gasteiger partial charge in [-0.05, 0) is 50.3 Å². The van der Waals surface area contributed by atoms with Crippen LogP contribution in [0, 0.1) is 13.8 Å². The maximum atomic E-state index is 5.96. The number of methoxy groups -OCH3 is 1. The van der Waals surface area contributed by atoms with Gasteiger partial charge in [0.2, 0.25) is 0 Å². The van der Waals surface area contributed by atoms with Gasteiger partial charge in [-0.15, -0.1) is 0 Å². The molecule has 1 unspecified atom stereocenters. The summed E-state index contributed by atoms with van der Waals surface area (Å²) < 4.78 is 11.1. The molecular formula is C16H25NO2. The van der Waals surface area contributed by atoms with Crippen LogP contribution < -0.4 is 10.1 Å². The van der Waals surface area contributed by atoms with Crippen LogP contribution in [-0.4, -0.2) is 25.9 Å². The minimum Gasteiger partial charge on any atom is -0.488 e. The molecule has 0 aliphatic heterocycles. The fourth-order valence-electron chi connectivity index (χ4n) is 2.35. The third kappa shape index (κ3) is 4.22. The van der Waals surface area contributed by atoms with Gasteiger partial charge in [0, 0.05) is 19.7 Å². The Morgan fingerprint density at radius 3 is 2.42 bits per heavy atom. The molecule has 0 amide bonds. The first-order chi connectivity index (χ1) is 9.10. The summed E-state index contributed by atoms with van der Waals surface area (Å²) in [5.74, 6) is 1.000. The highest BCUT2D eigenvalue weighted by Gasteiger charge is 2.20. The topological polar surface area (TPSA) is 30.5 Å². The molecule has 1 N–H and O–H groups in total. The van der Waals surface area contributed by atoms with Crippen LogP contribution in [-0.2, 0) is 11.3 Å². The highest BCUT2D eigenvalue weighted by Crippen LogP contribution is 2.26. The van der Waals surface area contributed by atoms with Crippen molar-refractivity contribution in [2.24, 2.45) is 0 Å². The van der Waals surface area contributed by atoms with Crippen LogP contribution in [0.4, 0.5) is 0 Å². The maximum Gasteiger partial charge on any atom is 0.125 e. The van der Waals surface area contributed by atoms with E-state index in [-0.39, 0.29) is 6.10 Å². The third-order valence-electron chi connectivity index (χ3n) is 3.41. The van der Waals surface area contributed by atoms with Crippen LogP contribution in [0.1, 0.15) is 36.5 Å². The van der Waals surface area contributed by atoms with Crippen LogP contribution in [0.5, 0.6) is 5.75 Å². The van der Waals surface area contributed by atoms with Crippen LogP contribution in [0.2, 0.25) is 0 Å². The van der Waals surface area contributed by atoms with Crippen molar-refractivity contribution in [2.45, 2.75) is 52.3 Å². The number of hydrogen-bond donors (Lipinski definition) is 1. The first-order valence-corrected chi connectivity index (χ1v) is 7.09. The lowest BCUT2D eigenvalue weighted by Crippen LogP contribution is -2.19. The summed E-state index contributed by atoms with van der Waals surface area (Å²) in [4.78, 5) is 0. The zero-order chi connectivity index (χ0) is 13.8.